The van der Waals surface area contributed by atoms with Crippen LogP contribution in [0.15, 0.2) is 18.2 Å². The molecule has 0 unspecified atom stereocenters. The molecule has 0 radical (unpaired) electrons. The highest BCUT2D eigenvalue weighted by molar-refractivity contribution is 5.91. The Balaban J connectivity index is 2.37. The minimum atomic E-state index is -0.176. The lowest BCUT2D eigenvalue weighted by atomic mass is 10.1. The molecular weight excluding hydrogens is 270 g/mol. The van der Waals surface area contributed by atoms with Gasteiger partial charge in [0.15, 0.2) is 0 Å². The van der Waals surface area contributed by atoms with Crippen molar-refractivity contribution in [3.8, 4) is 5.75 Å². The summed E-state index contributed by atoms with van der Waals surface area (Å²) in [6.45, 7) is 4.27. The second-order valence-corrected chi connectivity index (χ2v) is 5.20. The van der Waals surface area contributed by atoms with Crippen molar-refractivity contribution in [3.05, 3.63) is 18.2 Å². The molecule has 21 heavy (non-hydrogen) atoms. The number of carbonyl (C=O) groups excluding carboxylic acids is 2. The van der Waals surface area contributed by atoms with E-state index in [1.54, 1.807) is 18.2 Å². The van der Waals surface area contributed by atoms with Crippen molar-refractivity contribution >= 4 is 23.2 Å². The van der Waals surface area contributed by atoms with Crippen LogP contribution < -0.4 is 21.1 Å². The largest absolute Gasteiger partial charge is 0.495 e. The molecule has 1 aromatic carbocycles. The Morgan fingerprint density at radius 1 is 1.29 bits per heavy atom. The first-order valence-corrected chi connectivity index (χ1v) is 6.92. The van der Waals surface area contributed by atoms with Crippen molar-refractivity contribution in [2.75, 3.05) is 24.7 Å². The molecular formula is C15H23N3O3. The van der Waals surface area contributed by atoms with Gasteiger partial charge in [0.2, 0.25) is 11.8 Å². The number of amides is 2. The number of nitrogen functional groups attached to an aromatic ring is 1. The third kappa shape index (κ3) is 6.16. The van der Waals surface area contributed by atoms with E-state index in [0.717, 1.165) is 0 Å². The summed E-state index contributed by atoms with van der Waals surface area (Å²) in [7, 11) is 1.53. The lowest BCUT2D eigenvalue weighted by Gasteiger charge is -2.09. The number of ether oxygens (including phenoxy) is 1. The van der Waals surface area contributed by atoms with Gasteiger partial charge in [0.05, 0.1) is 12.8 Å². The van der Waals surface area contributed by atoms with Gasteiger partial charge in [-0.3, -0.25) is 9.59 Å². The Kier molecular flexibility index (Phi) is 6.52. The molecule has 0 saturated carbocycles. The molecule has 0 aliphatic heterocycles. The fourth-order valence-corrected chi connectivity index (χ4v) is 1.79. The molecule has 116 valence electrons. The minimum Gasteiger partial charge on any atom is -0.495 e. The third-order valence-electron chi connectivity index (χ3n) is 2.78. The number of hydrogen-bond donors (Lipinski definition) is 3. The summed E-state index contributed by atoms with van der Waals surface area (Å²) in [5.74, 6) is 0.658. The molecule has 1 aromatic rings. The van der Waals surface area contributed by atoms with Crippen LogP contribution in [0.3, 0.4) is 0 Å². The quantitative estimate of drug-likeness (QED) is 0.668. The van der Waals surface area contributed by atoms with Crippen LogP contribution in [0.4, 0.5) is 11.4 Å². The summed E-state index contributed by atoms with van der Waals surface area (Å²) in [5, 5.41) is 5.44. The van der Waals surface area contributed by atoms with E-state index in [0.29, 0.717) is 36.0 Å². The highest BCUT2D eigenvalue weighted by Crippen LogP contribution is 2.24. The fourth-order valence-electron chi connectivity index (χ4n) is 1.79. The highest BCUT2D eigenvalue weighted by atomic mass is 16.5. The van der Waals surface area contributed by atoms with Gasteiger partial charge in [0, 0.05) is 25.1 Å². The van der Waals surface area contributed by atoms with Gasteiger partial charge in [-0.25, -0.2) is 0 Å². The standard InChI is InChI=1S/C15H23N3O3/c1-10(2)8-15(20)17-7-6-14(19)18-11-4-5-13(21-3)12(16)9-11/h4-5,9-10H,6-8,16H2,1-3H3,(H,17,20)(H,18,19). The molecule has 0 bridgehead atoms. The molecule has 0 spiro atoms. The maximum atomic E-state index is 11.7. The second kappa shape index (κ2) is 8.14. The van der Waals surface area contributed by atoms with Crippen LogP contribution in [0.25, 0.3) is 0 Å². The third-order valence-corrected chi connectivity index (χ3v) is 2.78. The molecule has 0 saturated heterocycles. The number of carbonyl (C=O) groups is 2. The molecule has 1 rings (SSSR count). The first kappa shape index (κ1) is 16.8. The van der Waals surface area contributed by atoms with Crippen LogP contribution in [-0.4, -0.2) is 25.5 Å². The normalized spacial score (nSPS) is 10.3. The smallest absolute Gasteiger partial charge is 0.226 e. The Morgan fingerprint density at radius 3 is 2.57 bits per heavy atom. The summed E-state index contributed by atoms with van der Waals surface area (Å²) < 4.78 is 5.04. The molecule has 2 amide bonds. The maximum absolute atomic E-state index is 11.7. The van der Waals surface area contributed by atoms with Gasteiger partial charge in [-0.15, -0.1) is 0 Å². The van der Waals surface area contributed by atoms with Crippen molar-refractivity contribution in [1.29, 1.82) is 0 Å². The van der Waals surface area contributed by atoms with Crippen molar-refractivity contribution in [2.45, 2.75) is 26.7 Å². The SMILES string of the molecule is COc1ccc(NC(=O)CCNC(=O)CC(C)C)cc1N. The van der Waals surface area contributed by atoms with E-state index in [9.17, 15) is 9.59 Å². The average Bonchev–Trinajstić information content (AvgIpc) is 2.38. The van der Waals surface area contributed by atoms with E-state index >= 15 is 0 Å². The molecule has 0 atom stereocenters. The van der Waals surface area contributed by atoms with Gasteiger partial charge in [0.1, 0.15) is 5.75 Å². The van der Waals surface area contributed by atoms with E-state index in [4.69, 9.17) is 10.5 Å². The van der Waals surface area contributed by atoms with Crippen LogP contribution >= 0.6 is 0 Å². The Morgan fingerprint density at radius 2 is 2.00 bits per heavy atom. The lowest BCUT2D eigenvalue weighted by Crippen LogP contribution is -2.28. The molecule has 6 nitrogen and oxygen atoms in total. The predicted molar refractivity (Wildman–Crippen MR) is 83.1 cm³/mol. The average molecular weight is 293 g/mol. The highest BCUT2D eigenvalue weighted by Gasteiger charge is 2.07. The van der Waals surface area contributed by atoms with E-state index in [-0.39, 0.29) is 18.2 Å². The number of nitrogens with one attached hydrogen (secondary N) is 2. The number of benzene rings is 1. The van der Waals surface area contributed by atoms with Crippen LogP contribution in [0, 0.1) is 5.92 Å². The van der Waals surface area contributed by atoms with Crippen LogP contribution in [0.2, 0.25) is 0 Å². The lowest BCUT2D eigenvalue weighted by molar-refractivity contribution is -0.121. The summed E-state index contributed by atoms with van der Waals surface area (Å²) in [6.07, 6.45) is 0.687. The summed E-state index contributed by atoms with van der Waals surface area (Å²) in [5.41, 5.74) is 6.82. The van der Waals surface area contributed by atoms with Gasteiger partial charge in [0.25, 0.3) is 0 Å². The Hall–Kier alpha value is -2.24. The van der Waals surface area contributed by atoms with Crippen molar-refractivity contribution in [1.82, 2.24) is 5.32 Å². The second-order valence-electron chi connectivity index (χ2n) is 5.20. The predicted octanol–water partition coefficient (Wildman–Crippen LogP) is 1.77. The maximum Gasteiger partial charge on any atom is 0.226 e. The molecule has 0 aliphatic rings. The first-order chi connectivity index (χ1) is 9.92. The van der Waals surface area contributed by atoms with Crippen LogP contribution in [0.5, 0.6) is 5.75 Å². The van der Waals surface area contributed by atoms with E-state index in [1.807, 2.05) is 13.8 Å². The first-order valence-electron chi connectivity index (χ1n) is 6.92. The van der Waals surface area contributed by atoms with Crippen molar-refractivity contribution < 1.29 is 14.3 Å². The zero-order valence-corrected chi connectivity index (χ0v) is 12.7. The molecule has 0 aromatic heterocycles. The van der Waals surface area contributed by atoms with Gasteiger partial charge in [-0.05, 0) is 24.1 Å². The van der Waals surface area contributed by atoms with Crippen LogP contribution in [-0.2, 0) is 9.59 Å². The Bertz CT molecular complexity index is 501. The number of methoxy groups -OCH3 is 1. The monoisotopic (exact) mass is 293 g/mol. The molecule has 0 aliphatic carbocycles. The zero-order valence-electron chi connectivity index (χ0n) is 12.7. The molecule has 0 fully saturated rings. The molecule has 0 heterocycles. The van der Waals surface area contributed by atoms with Crippen molar-refractivity contribution in [3.63, 3.8) is 0 Å². The number of anilines is 2. The van der Waals surface area contributed by atoms with E-state index in [1.165, 1.54) is 7.11 Å². The molecule has 6 heteroatoms. The van der Waals surface area contributed by atoms with Crippen LogP contribution in [0.1, 0.15) is 26.7 Å². The summed E-state index contributed by atoms with van der Waals surface area (Å²) in [4.78, 5) is 23.2. The zero-order chi connectivity index (χ0) is 15.8. The van der Waals surface area contributed by atoms with E-state index < -0.39 is 0 Å². The summed E-state index contributed by atoms with van der Waals surface area (Å²) in [6, 6.07) is 5.04. The minimum absolute atomic E-state index is 0.0357. The van der Waals surface area contributed by atoms with Gasteiger partial charge < -0.3 is 21.1 Å². The van der Waals surface area contributed by atoms with Crippen molar-refractivity contribution in [2.24, 2.45) is 5.92 Å². The Labute approximate surface area is 125 Å². The number of nitrogens with two attached hydrogens (primary N) is 1. The number of hydrogen-bond acceptors (Lipinski definition) is 4. The topological polar surface area (TPSA) is 93.5 Å². The summed E-state index contributed by atoms with van der Waals surface area (Å²) >= 11 is 0. The van der Waals surface area contributed by atoms with E-state index in [2.05, 4.69) is 10.6 Å². The number of rotatable bonds is 7. The van der Waals surface area contributed by atoms with Gasteiger partial charge in [-0.2, -0.15) is 0 Å². The molecule has 4 N–H and O–H groups in total. The fraction of sp³-hybridized carbons (Fsp3) is 0.467. The van der Waals surface area contributed by atoms with Gasteiger partial charge in [-0.1, -0.05) is 13.8 Å². The van der Waals surface area contributed by atoms with Gasteiger partial charge >= 0.3 is 0 Å².